The monoisotopic (exact) mass is 401 g/mol. The quantitative estimate of drug-likeness (QED) is 0.652. The van der Waals surface area contributed by atoms with Crippen molar-refractivity contribution < 1.29 is 4.79 Å². The van der Waals surface area contributed by atoms with Crippen LogP contribution < -0.4 is 5.32 Å². The Bertz CT molecular complexity index is 991. The number of piperidine rings is 1. The first-order valence-electron chi connectivity index (χ1n) is 10.5. The lowest BCUT2D eigenvalue weighted by molar-refractivity contribution is -0.138. The molecule has 1 aliphatic rings. The van der Waals surface area contributed by atoms with Crippen LogP contribution in [0.5, 0.6) is 0 Å². The molecule has 0 radical (unpaired) electrons. The standard InChI is InChI=1S/C24H27N5O/c1-17(2)24(30)29-14-7-6-12-21(29)23-27-20(18-9-8-13-25-16-18)15-22(28-23)26-19-10-4-3-5-11-19/h3-5,8-11,13,15-17,21H,6-7,12,14H2,1-2H3,(H,26,27,28). The van der Waals surface area contributed by atoms with Gasteiger partial charge in [0.05, 0.1) is 11.7 Å². The molecule has 4 rings (SSSR count). The number of benzene rings is 1. The first kappa shape index (κ1) is 20.0. The van der Waals surface area contributed by atoms with Gasteiger partial charge in [0, 0.05) is 42.2 Å². The Kier molecular flexibility index (Phi) is 6.02. The molecule has 0 spiro atoms. The average Bonchev–Trinajstić information content (AvgIpc) is 2.79. The molecule has 1 saturated heterocycles. The molecule has 6 heteroatoms. The number of amides is 1. The van der Waals surface area contributed by atoms with Gasteiger partial charge in [-0.2, -0.15) is 0 Å². The number of rotatable bonds is 5. The van der Waals surface area contributed by atoms with Crippen LogP contribution in [0.3, 0.4) is 0 Å². The van der Waals surface area contributed by atoms with Gasteiger partial charge in [-0.05, 0) is 43.5 Å². The molecular weight excluding hydrogens is 374 g/mol. The number of hydrogen-bond acceptors (Lipinski definition) is 5. The van der Waals surface area contributed by atoms with Gasteiger partial charge in [0.15, 0.2) is 5.82 Å². The largest absolute Gasteiger partial charge is 0.340 e. The molecule has 1 aliphatic heterocycles. The van der Waals surface area contributed by atoms with Crippen LogP contribution in [-0.2, 0) is 4.79 Å². The SMILES string of the molecule is CC(C)C(=O)N1CCCCC1c1nc(Nc2ccccc2)cc(-c2cccnc2)n1. The molecule has 3 aromatic rings. The van der Waals surface area contributed by atoms with Gasteiger partial charge in [0.1, 0.15) is 5.82 Å². The zero-order chi connectivity index (χ0) is 20.9. The maximum Gasteiger partial charge on any atom is 0.225 e. The van der Waals surface area contributed by atoms with Gasteiger partial charge in [0.25, 0.3) is 0 Å². The Morgan fingerprint density at radius 3 is 2.67 bits per heavy atom. The summed E-state index contributed by atoms with van der Waals surface area (Å²) in [6.45, 7) is 4.65. The van der Waals surface area contributed by atoms with Crippen molar-refractivity contribution in [2.45, 2.75) is 39.2 Å². The van der Waals surface area contributed by atoms with E-state index in [1.54, 1.807) is 12.4 Å². The van der Waals surface area contributed by atoms with Gasteiger partial charge >= 0.3 is 0 Å². The number of para-hydroxylation sites is 1. The van der Waals surface area contributed by atoms with E-state index in [0.29, 0.717) is 11.6 Å². The van der Waals surface area contributed by atoms with Crippen LogP contribution in [0.4, 0.5) is 11.5 Å². The molecule has 1 N–H and O–H groups in total. The van der Waals surface area contributed by atoms with Crippen molar-refractivity contribution in [2.75, 3.05) is 11.9 Å². The molecule has 0 bridgehead atoms. The third kappa shape index (κ3) is 4.48. The lowest BCUT2D eigenvalue weighted by Crippen LogP contribution is -2.41. The number of nitrogens with zero attached hydrogens (tertiary/aromatic N) is 4. The zero-order valence-corrected chi connectivity index (χ0v) is 17.5. The minimum atomic E-state index is -0.110. The topological polar surface area (TPSA) is 71.0 Å². The zero-order valence-electron chi connectivity index (χ0n) is 17.5. The van der Waals surface area contributed by atoms with Crippen LogP contribution in [0.1, 0.15) is 45.0 Å². The second-order valence-electron chi connectivity index (χ2n) is 7.93. The van der Waals surface area contributed by atoms with Crippen LogP contribution in [0.2, 0.25) is 0 Å². The summed E-state index contributed by atoms with van der Waals surface area (Å²) in [5.41, 5.74) is 2.68. The molecule has 3 heterocycles. The van der Waals surface area contributed by atoms with Crippen LogP contribution >= 0.6 is 0 Å². The Labute approximate surface area is 177 Å². The van der Waals surface area contributed by atoms with Crippen molar-refractivity contribution in [1.29, 1.82) is 0 Å². The van der Waals surface area contributed by atoms with Crippen molar-refractivity contribution in [2.24, 2.45) is 5.92 Å². The fraction of sp³-hybridized carbons (Fsp3) is 0.333. The van der Waals surface area contributed by atoms with Crippen LogP contribution in [-0.4, -0.2) is 32.3 Å². The molecule has 1 unspecified atom stereocenters. The highest BCUT2D eigenvalue weighted by molar-refractivity contribution is 5.78. The van der Waals surface area contributed by atoms with E-state index in [1.807, 2.05) is 67.3 Å². The van der Waals surface area contributed by atoms with Crippen LogP contribution in [0, 0.1) is 5.92 Å². The van der Waals surface area contributed by atoms with E-state index >= 15 is 0 Å². The minimum Gasteiger partial charge on any atom is -0.340 e. The summed E-state index contributed by atoms with van der Waals surface area (Å²) in [7, 11) is 0. The average molecular weight is 402 g/mol. The lowest BCUT2D eigenvalue weighted by atomic mass is 9.99. The van der Waals surface area contributed by atoms with E-state index in [-0.39, 0.29) is 17.9 Å². The molecule has 2 aromatic heterocycles. The number of pyridine rings is 1. The van der Waals surface area contributed by atoms with Gasteiger partial charge in [-0.15, -0.1) is 0 Å². The molecule has 1 fully saturated rings. The number of aromatic nitrogens is 3. The number of carbonyl (C=O) groups is 1. The van der Waals surface area contributed by atoms with Gasteiger partial charge < -0.3 is 10.2 Å². The predicted octanol–water partition coefficient (Wildman–Crippen LogP) is 4.99. The molecule has 1 aromatic carbocycles. The van der Waals surface area contributed by atoms with E-state index in [1.165, 1.54) is 0 Å². The summed E-state index contributed by atoms with van der Waals surface area (Å²) < 4.78 is 0. The number of nitrogens with one attached hydrogen (secondary N) is 1. The minimum absolute atomic E-state index is 0.0472. The molecule has 0 saturated carbocycles. The van der Waals surface area contributed by atoms with Crippen LogP contribution in [0.15, 0.2) is 60.9 Å². The number of hydrogen-bond donors (Lipinski definition) is 1. The molecular formula is C24H27N5O. The Morgan fingerprint density at radius 2 is 1.93 bits per heavy atom. The second kappa shape index (κ2) is 9.03. The summed E-state index contributed by atoms with van der Waals surface area (Å²) in [5.74, 6) is 1.51. The van der Waals surface area contributed by atoms with E-state index in [0.717, 1.165) is 42.8 Å². The van der Waals surface area contributed by atoms with E-state index in [2.05, 4.69) is 10.3 Å². The third-order valence-corrected chi connectivity index (χ3v) is 5.32. The van der Waals surface area contributed by atoms with Gasteiger partial charge in [-0.1, -0.05) is 32.0 Å². The maximum atomic E-state index is 12.9. The molecule has 1 atom stereocenters. The molecule has 154 valence electrons. The van der Waals surface area contributed by atoms with Crippen molar-refractivity contribution in [1.82, 2.24) is 19.9 Å². The Balaban J connectivity index is 1.75. The molecule has 0 aliphatic carbocycles. The number of carbonyl (C=O) groups excluding carboxylic acids is 1. The summed E-state index contributed by atoms with van der Waals surface area (Å²) in [5, 5.41) is 3.39. The van der Waals surface area contributed by atoms with E-state index in [9.17, 15) is 4.79 Å². The summed E-state index contributed by atoms with van der Waals surface area (Å²) >= 11 is 0. The Hall–Kier alpha value is -3.28. The highest BCUT2D eigenvalue weighted by Gasteiger charge is 2.31. The first-order valence-corrected chi connectivity index (χ1v) is 10.5. The van der Waals surface area contributed by atoms with E-state index < -0.39 is 0 Å². The van der Waals surface area contributed by atoms with Crippen molar-refractivity contribution in [3.8, 4) is 11.3 Å². The van der Waals surface area contributed by atoms with E-state index in [4.69, 9.17) is 9.97 Å². The van der Waals surface area contributed by atoms with Crippen molar-refractivity contribution in [3.05, 3.63) is 66.7 Å². The maximum absolute atomic E-state index is 12.9. The lowest BCUT2D eigenvalue weighted by Gasteiger charge is -2.36. The fourth-order valence-electron chi connectivity index (χ4n) is 3.81. The second-order valence-corrected chi connectivity index (χ2v) is 7.93. The number of likely N-dealkylation sites (tertiary alicyclic amines) is 1. The molecule has 1 amide bonds. The summed E-state index contributed by atoms with van der Waals surface area (Å²) in [6, 6.07) is 15.7. The highest BCUT2D eigenvalue weighted by Crippen LogP contribution is 2.32. The van der Waals surface area contributed by atoms with Gasteiger partial charge in [-0.25, -0.2) is 9.97 Å². The Morgan fingerprint density at radius 1 is 1.10 bits per heavy atom. The first-order chi connectivity index (χ1) is 14.6. The third-order valence-electron chi connectivity index (χ3n) is 5.32. The number of anilines is 2. The summed E-state index contributed by atoms with van der Waals surface area (Å²) in [6.07, 6.45) is 6.51. The fourth-order valence-corrected chi connectivity index (χ4v) is 3.81. The van der Waals surface area contributed by atoms with Crippen molar-refractivity contribution >= 4 is 17.4 Å². The predicted molar refractivity (Wildman–Crippen MR) is 118 cm³/mol. The van der Waals surface area contributed by atoms with Gasteiger partial charge in [0.2, 0.25) is 5.91 Å². The molecule has 30 heavy (non-hydrogen) atoms. The van der Waals surface area contributed by atoms with Crippen LogP contribution in [0.25, 0.3) is 11.3 Å². The summed E-state index contributed by atoms with van der Waals surface area (Å²) in [4.78, 5) is 28.8. The molecule has 6 nitrogen and oxygen atoms in total. The normalized spacial score (nSPS) is 16.5. The van der Waals surface area contributed by atoms with Crippen molar-refractivity contribution in [3.63, 3.8) is 0 Å². The smallest absolute Gasteiger partial charge is 0.225 e. The highest BCUT2D eigenvalue weighted by atomic mass is 16.2. The van der Waals surface area contributed by atoms with Gasteiger partial charge in [-0.3, -0.25) is 9.78 Å².